The van der Waals surface area contributed by atoms with Crippen LogP contribution in [0.15, 0.2) is 42.1 Å². The fourth-order valence-corrected chi connectivity index (χ4v) is 1.68. The predicted octanol–water partition coefficient (Wildman–Crippen LogP) is 3.68. The smallest absolute Gasteiger partial charge is 0.0456 e. The SMILES string of the molecule is C/C=C(/C)Cc1c[nH]c2ccccc12. The van der Waals surface area contributed by atoms with Gasteiger partial charge in [-0.1, -0.05) is 29.8 Å². The van der Waals surface area contributed by atoms with E-state index in [0.717, 1.165) is 6.42 Å². The number of hydrogen-bond acceptors (Lipinski definition) is 0. The number of nitrogens with one attached hydrogen (secondary N) is 1. The van der Waals surface area contributed by atoms with Crippen molar-refractivity contribution in [3.8, 4) is 0 Å². The Hall–Kier alpha value is -1.50. The molecule has 0 radical (unpaired) electrons. The molecule has 1 aromatic heterocycles. The summed E-state index contributed by atoms with van der Waals surface area (Å²) >= 11 is 0. The van der Waals surface area contributed by atoms with Crippen LogP contribution in [0.25, 0.3) is 10.9 Å². The summed E-state index contributed by atoms with van der Waals surface area (Å²) in [7, 11) is 0. The molecular weight excluding hydrogens is 170 g/mol. The van der Waals surface area contributed by atoms with Crippen molar-refractivity contribution in [2.75, 3.05) is 0 Å². The topological polar surface area (TPSA) is 15.8 Å². The third-order valence-corrected chi connectivity index (χ3v) is 2.64. The van der Waals surface area contributed by atoms with Crippen LogP contribution in [0.5, 0.6) is 0 Å². The fourth-order valence-electron chi connectivity index (χ4n) is 1.68. The summed E-state index contributed by atoms with van der Waals surface area (Å²) < 4.78 is 0. The lowest BCUT2D eigenvalue weighted by atomic mass is 10.1. The maximum atomic E-state index is 3.29. The summed E-state index contributed by atoms with van der Waals surface area (Å²) in [5, 5.41) is 1.34. The summed E-state index contributed by atoms with van der Waals surface area (Å²) in [6.45, 7) is 4.26. The van der Waals surface area contributed by atoms with Gasteiger partial charge in [-0.25, -0.2) is 0 Å². The van der Waals surface area contributed by atoms with Gasteiger partial charge < -0.3 is 4.98 Å². The molecule has 1 aromatic carbocycles. The van der Waals surface area contributed by atoms with Crippen molar-refractivity contribution in [3.63, 3.8) is 0 Å². The molecule has 0 spiro atoms. The van der Waals surface area contributed by atoms with Crippen LogP contribution in [0.4, 0.5) is 0 Å². The summed E-state index contributed by atoms with van der Waals surface area (Å²) in [6.07, 6.45) is 5.32. The Kier molecular flexibility index (Phi) is 2.40. The Morgan fingerprint density at radius 2 is 2.14 bits per heavy atom. The first-order chi connectivity index (χ1) is 6.81. The van der Waals surface area contributed by atoms with E-state index in [0.29, 0.717) is 0 Å². The van der Waals surface area contributed by atoms with Gasteiger partial charge in [-0.2, -0.15) is 0 Å². The highest BCUT2D eigenvalue weighted by atomic mass is 14.7. The molecule has 0 aliphatic heterocycles. The highest BCUT2D eigenvalue weighted by Crippen LogP contribution is 2.20. The molecule has 14 heavy (non-hydrogen) atoms. The number of fused-ring (bicyclic) bond motifs is 1. The van der Waals surface area contributed by atoms with E-state index in [-0.39, 0.29) is 0 Å². The molecule has 0 aliphatic rings. The number of para-hydroxylation sites is 1. The predicted molar refractivity (Wildman–Crippen MR) is 61.4 cm³/mol. The summed E-state index contributed by atoms with van der Waals surface area (Å²) in [4.78, 5) is 3.29. The van der Waals surface area contributed by atoms with Crippen LogP contribution in [-0.4, -0.2) is 4.98 Å². The molecule has 1 heteroatoms. The van der Waals surface area contributed by atoms with Gasteiger partial charge in [0.1, 0.15) is 0 Å². The minimum Gasteiger partial charge on any atom is -0.361 e. The maximum absolute atomic E-state index is 3.29. The van der Waals surface area contributed by atoms with E-state index in [1.165, 1.54) is 22.0 Å². The second-order valence-electron chi connectivity index (χ2n) is 3.67. The van der Waals surface area contributed by atoms with Gasteiger partial charge >= 0.3 is 0 Å². The molecule has 1 heterocycles. The number of rotatable bonds is 2. The Balaban J connectivity index is 2.43. The van der Waals surface area contributed by atoms with Gasteiger partial charge in [0.15, 0.2) is 0 Å². The first-order valence-corrected chi connectivity index (χ1v) is 4.98. The third-order valence-electron chi connectivity index (χ3n) is 2.64. The van der Waals surface area contributed by atoms with E-state index in [1.54, 1.807) is 0 Å². The average Bonchev–Trinajstić information content (AvgIpc) is 2.62. The molecule has 2 rings (SSSR count). The molecule has 1 nitrogen and oxygen atoms in total. The van der Waals surface area contributed by atoms with E-state index < -0.39 is 0 Å². The van der Waals surface area contributed by atoms with Crippen LogP contribution in [0.1, 0.15) is 19.4 Å². The molecule has 0 saturated heterocycles. The second-order valence-corrected chi connectivity index (χ2v) is 3.67. The molecular formula is C13H15N. The zero-order valence-electron chi connectivity index (χ0n) is 8.67. The Bertz CT molecular complexity index is 463. The third kappa shape index (κ3) is 1.58. The van der Waals surface area contributed by atoms with E-state index in [4.69, 9.17) is 0 Å². The maximum Gasteiger partial charge on any atom is 0.0456 e. The van der Waals surface area contributed by atoms with Crippen molar-refractivity contribution in [1.82, 2.24) is 4.98 Å². The van der Waals surface area contributed by atoms with Crippen LogP contribution in [-0.2, 0) is 6.42 Å². The number of aromatic nitrogens is 1. The van der Waals surface area contributed by atoms with Gasteiger partial charge in [-0.15, -0.1) is 0 Å². The first-order valence-electron chi connectivity index (χ1n) is 4.98. The summed E-state index contributed by atoms with van der Waals surface area (Å²) in [5.41, 5.74) is 4.03. The number of benzene rings is 1. The van der Waals surface area contributed by atoms with Gasteiger partial charge in [0.2, 0.25) is 0 Å². The molecule has 0 saturated carbocycles. The van der Waals surface area contributed by atoms with Crippen molar-refractivity contribution in [2.24, 2.45) is 0 Å². The summed E-state index contributed by atoms with van der Waals surface area (Å²) in [5.74, 6) is 0. The number of hydrogen-bond donors (Lipinski definition) is 1. The second kappa shape index (κ2) is 3.70. The van der Waals surface area contributed by atoms with Crippen molar-refractivity contribution in [2.45, 2.75) is 20.3 Å². The molecule has 0 aliphatic carbocycles. The highest BCUT2D eigenvalue weighted by molar-refractivity contribution is 5.83. The van der Waals surface area contributed by atoms with Crippen LogP contribution in [0.2, 0.25) is 0 Å². The molecule has 0 amide bonds. The van der Waals surface area contributed by atoms with E-state index in [2.05, 4.69) is 55.4 Å². The minimum atomic E-state index is 1.04. The zero-order valence-corrected chi connectivity index (χ0v) is 8.67. The minimum absolute atomic E-state index is 1.04. The molecule has 72 valence electrons. The Morgan fingerprint density at radius 1 is 1.36 bits per heavy atom. The van der Waals surface area contributed by atoms with Crippen molar-refractivity contribution in [3.05, 3.63) is 47.7 Å². The standard InChI is InChI=1S/C13H15N/c1-3-10(2)8-11-9-14-13-7-5-4-6-12(11)13/h3-7,9,14H,8H2,1-2H3/b10-3-. The van der Waals surface area contributed by atoms with Gasteiger partial charge in [0.25, 0.3) is 0 Å². The number of allylic oxidation sites excluding steroid dienone is 2. The normalized spacial score (nSPS) is 12.3. The first kappa shape index (κ1) is 9.07. The average molecular weight is 185 g/mol. The van der Waals surface area contributed by atoms with Crippen LogP contribution in [0.3, 0.4) is 0 Å². The fraction of sp³-hybridized carbons (Fsp3) is 0.231. The van der Waals surface area contributed by atoms with E-state index in [9.17, 15) is 0 Å². The lowest BCUT2D eigenvalue weighted by Crippen LogP contribution is -1.83. The van der Waals surface area contributed by atoms with Crippen LogP contribution < -0.4 is 0 Å². The summed E-state index contributed by atoms with van der Waals surface area (Å²) in [6, 6.07) is 8.43. The van der Waals surface area contributed by atoms with Crippen molar-refractivity contribution >= 4 is 10.9 Å². The van der Waals surface area contributed by atoms with Gasteiger partial charge in [0, 0.05) is 17.1 Å². The lowest BCUT2D eigenvalue weighted by Gasteiger charge is -1.98. The van der Waals surface area contributed by atoms with E-state index in [1.807, 2.05) is 0 Å². The van der Waals surface area contributed by atoms with Gasteiger partial charge in [-0.05, 0) is 31.9 Å². The van der Waals surface area contributed by atoms with Crippen molar-refractivity contribution in [1.29, 1.82) is 0 Å². The van der Waals surface area contributed by atoms with Crippen LogP contribution in [0, 0.1) is 0 Å². The van der Waals surface area contributed by atoms with Gasteiger partial charge in [-0.3, -0.25) is 0 Å². The monoisotopic (exact) mass is 185 g/mol. The lowest BCUT2D eigenvalue weighted by molar-refractivity contribution is 1.15. The van der Waals surface area contributed by atoms with E-state index >= 15 is 0 Å². The van der Waals surface area contributed by atoms with Crippen LogP contribution >= 0.6 is 0 Å². The molecule has 0 bridgehead atoms. The number of aromatic amines is 1. The molecule has 0 atom stereocenters. The zero-order chi connectivity index (χ0) is 9.97. The molecule has 0 fully saturated rings. The Labute approximate surface area is 84.5 Å². The molecule has 2 aromatic rings. The quantitative estimate of drug-likeness (QED) is 0.687. The van der Waals surface area contributed by atoms with Gasteiger partial charge in [0.05, 0.1) is 0 Å². The molecule has 1 N–H and O–H groups in total. The Morgan fingerprint density at radius 3 is 2.93 bits per heavy atom. The highest BCUT2D eigenvalue weighted by Gasteiger charge is 2.02. The largest absolute Gasteiger partial charge is 0.361 e. The van der Waals surface area contributed by atoms with Crippen molar-refractivity contribution < 1.29 is 0 Å². The molecule has 0 unspecified atom stereocenters. The number of H-pyrrole nitrogens is 1.